The lowest BCUT2D eigenvalue weighted by atomic mass is 10.2. The molecule has 0 aliphatic carbocycles. The van der Waals surface area contributed by atoms with Crippen molar-refractivity contribution in [2.24, 2.45) is 0 Å². The molecule has 1 N–H and O–H groups in total. The van der Waals surface area contributed by atoms with Gasteiger partial charge in [0, 0.05) is 9.61 Å². The highest BCUT2D eigenvalue weighted by Crippen LogP contribution is 2.23. The number of carbonyl (C=O) groups is 1. The van der Waals surface area contributed by atoms with Gasteiger partial charge >= 0.3 is 0 Å². The van der Waals surface area contributed by atoms with Crippen LogP contribution < -0.4 is 5.32 Å². The SMILES string of the molecule is Cc1nn(C(C)C)c(C)c1NC(=O)c1ccccc1I. The van der Waals surface area contributed by atoms with Crippen LogP contribution in [0, 0.1) is 17.4 Å². The van der Waals surface area contributed by atoms with Gasteiger partial charge in [-0.1, -0.05) is 12.1 Å². The Balaban J connectivity index is 2.31. The first-order valence-corrected chi connectivity index (χ1v) is 7.61. The van der Waals surface area contributed by atoms with Crippen molar-refractivity contribution in [2.45, 2.75) is 33.7 Å². The Kier molecular flexibility index (Phi) is 4.47. The molecule has 0 unspecified atom stereocenters. The third-order valence-electron chi connectivity index (χ3n) is 3.17. The summed E-state index contributed by atoms with van der Waals surface area (Å²) < 4.78 is 2.87. The van der Waals surface area contributed by atoms with Crippen LogP contribution >= 0.6 is 22.6 Å². The van der Waals surface area contributed by atoms with Gasteiger partial charge in [0.2, 0.25) is 0 Å². The van der Waals surface area contributed by atoms with Crippen LogP contribution in [0.25, 0.3) is 0 Å². The van der Waals surface area contributed by atoms with Crippen molar-refractivity contribution in [3.63, 3.8) is 0 Å². The first-order valence-electron chi connectivity index (χ1n) is 6.53. The van der Waals surface area contributed by atoms with Gasteiger partial charge in [-0.2, -0.15) is 5.10 Å². The first-order chi connectivity index (χ1) is 9.41. The van der Waals surface area contributed by atoms with E-state index in [1.807, 2.05) is 42.8 Å². The molecular weight excluding hydrogens is 365 g/mol. The Labute approximate surface area is 132 Å². The van der Waals surface area contributed by atoms with Crippen molar-refractivity contribution >= 4 is 34.2 Å². The highest BCUT2D eigenvalue weighted by Gasteiger charge is 2.17. The highest BCUT2D eigenvalue weighted by molar-refractivity contribution is 14.1. The molecule has 0 spiro atoms. The second-order valence-electron chi connectivity index (χ2n) is 5.02. The number of amides is 1. The number of rotatable bonds is 3. The third kappa shape index (κ3) is 2.87. The third-order valence-corrected chi connectivity index (χ3v) is 4.11. The van der Waals surface area contributed by atoms with Crippen molar-refractivity contribution in [3.05, 3.63) is 44.8 Å². The molecule has 0 bridgehead atoms. The summed E-state index contributed by atoms with van der Waals surface area (Å²) in [5.74, 6) is -0.0930. The van der Waals surface area contributed by atoms with Crippen molar-refractivity contribution in [1.29, 1.82) is 0 Å². The van der Waals surface area contributed by atoms with Gasteiger partial charge in [0.05, 0.1) is 22.6 Å². The van der Waals surface area contributed by atoms with E-state index in [2.05, 4.69) is 46.9 Å². The minimum absolute atomic E-state index is 0.0930. The van der Waals surface area contributed by atoms with Gasteiger partial charge in [-0.25, -0.2) is 0 Å². The van der Waals surface area contributed by atoms with E-state index in [0.29, 0.717) is 5.56 Å². The topological polar surface area (TPSA) is 46.9 Å². The Morgan fingerprint density at radius 2 is 1.95 bits per heavy atom. The average Bonchev–Trinajstić information content (AvgIpc) is 2.67. The van der Waals surface area contributed by atoms with Gasteiger partial charge < -0.3 is 5.32 Å². The number of aromatic nitrogens is 2. The predicted molar refractivity (Wildman–Crippen MR) is 89.2 cm³/mol. The van der Waals surface area contributed by atoms with Gasteiger partial charge in [0.15, 0.2) is 0 Å². The van der Waals surface area contributed by atoms with E-state index >= 15 is 0 Å². The number of benzene rings is 1. The van der Waals surface area contributed by atoms with Crippen LogP contribution in [0.15, 0.2) is 24.3 Å². The summed E-state index contributed by atoms with van der Waals surface area (Å²) in [7, 11) is 0. The van der Waals surface area contributed by atoms with E-state index in [1.165, 1.54) is 0 Å². The van der Waals surface area contributed by atoms with Gasteiger partial charge in [-0.15, -0.1) is 0 Å². The van der Waals surface area contributed by atoms with E-state index in [0.717, 1.165) is 20.6 Å². The average molecular weight is 383 g/mol. The number of nitrogens with one attached hydrogen (secondary N) is 1. The van der Waals surface area contributed by atoms with E-state index in [1.54, 1.807) is 0 Å². The molecule has 1 aromatic carbocycles. The molecule has 20 heavy (non-hydrogen) atoms. The second kappa shape index (κ2) is 5.95. The van der Waals surface area contributed by atoms with E-state index in [-0.39, 0.29) is 11.9 Å². The van der Waals surface area contributed by atoms with E-state index in [4.69, 9.17) is 0 Å². The summed E-state index contributed by atoms with van der Waals surface area (Å²) in [6, 6.07) is 7.82. The fraction of sp³-hybridized carbons (Fsp3) is 0.333. The number of aryl methyl sites for hydroxylation is 1. The van der Waals surface area contributed by atoms with E-state index in [9.17, 15) is 4.79 Å². The summed E-state index contributed by atoms with van der Waals surface area (Å²) in [6.07, 6.45) is 0. The van der Waals surface area contributed by atoms with Gasteiger partial charge in [0.1, 0.15) is 0 Å². The molecule has 0 aliphatic heterocycles. The van der Waals surface area contributed by atoms with E-state index < -0.39 is 0 Å². The van der Waals surface area contributed by atoms with Crippen LogP contribution in [0.3, 0.4) is 0 Å². The molecule has 5 heteroatoms. The lowest BCUT2D eigenvalue weighted by Gasteiger charge is -2.10. The summed E-state index contributed by atoms with van der Waals surface area (Å²) in [6.45, 7) is 8.04. The molecule has 0 saturated carbocycles. The van der Waals surface area contributed by atoms with Crippen molar-refractivity contribution < 1.29 is 4.79 Å². The quantitative estimate of drug-likeness (QED) is 0.817. The van der Waals surface area contributed by atoms with Gasteiger partial charge in [-0.05, 0) is 62.4 Å². The molecule has 1 aromatic heterocycles. The van der Waals surface area contributed by atoms with Crippen LogP contribution in [0.2, 0.25) is 0 Å². The fourth-order valence-corrected chi connectivity index (χ4v) is 2.81. The maximum absolute atomic E-state index is 12.4. The number of anilines is 1. The Hall–Kier alpha value is -1.37. The number of hydrogen-bond acceptors (Lipinski definition) is 2. The minimum Gasteiger partial charge on any atom is -0.319 e. The summed E-state index contributed by atoms with van der Waals surface area (Å²) in [4.78, 5) is 12.4. The molecule has 0 aliphatic rings. The van der Waals surface area contributed by atoms with Gasteiger partial charge in [0.25, 0.3) is 5.91 Å². The molecule has 0 atom stereocenters. The van der Waals surface area contributed by atoms with Crippen LogP contribution in [0.1, 0.15) is 41.6 Å². The smallest absolute Gasteiger partial charge is 0.256 e. The molecule has 0 saturated heterocycles. The summed E-state index contributed by atoms with van der Waals surface area (Å²) in [5, 5.41) is 7.46. The highest BCUT2D eigenvalue weighted by atomic mass is 127. The van der Waals surface area contributed by atoms with Crippen molar-refractivity contribution in [2.75, 3.05) is 5.32 Å². The maximum atomic E-state index is 12.4. The van der Waals surface area contributed by atoms with Crippen LogP contribution in [-0.2, 0) is 0 Å². The van der Waals surface area contributed by atoms with Crippen LogP contribution in [0.4, 0.5) is 5.69 Å². The van der Waals surface area contributed by atoms with Crippen molar-refractivity contribution in [1.82, 2.24) is 9.78 Å². The standard InChI is InChI=1S/C15H18IN3O/c1-9(2)19-11(4)14(10(3)18-19)17-15(20)12-7-5-6-8-13(12)16/h5-9H,1-4H3,(H,17,20). The molecule has 1 heterocycles. The minimum atomic E-state index is -0.0930. The number of halogens is 1. The molecule has 0 fully saturated rings. The normalized spacial score (nSPS) is 10.9. The molecule has 1 amide bonds. The van der Waals surface area contributed by atoms with Crippen molar-refractivity contribution in [3.8, 4) is 0 Å². The summed E-state index contributed by atoms with van der Waals surface area (Å²) in [5.41, 5.74) is 3.32. The predicted octanol–water partition coefficient (Wildman–Crippen LogP) is 3.94. The largest absolute Gasteiger partial charge is 0.319 e. The molecule has 4 nitrogen and oxygen atoms in total. The van der Waals surface area contributed by atoms with Crippen LogP contribution in [0.5, 0.6) is 0 Å². The lowest BCUT2D eigenvalue weighted by Crippen LogP contribution is -2.14. The summed E-state index contributed by atoms with van der Waals surface area (Å²) >= 11 is 2.17. The second-order valence-corrected chi connectivity index (χ2v) is 6.18. The molecule has 106 valence electrons. The first kappa shape index (κ1) is 15.0. The fourth-order valence-electron chi connectivity index (χ4n) is 2.17. The molecular formula is C15H18IN3O. The number of carbonyl (C=O) groups excluding carboxylic acids is 1. The van der Waals surface area contributed by atoms with Gasteiger partial charge in [-0.3, -0.25) is 9.48 Å². The maximum Gasteiger partial charge on any atom is 0.256 e. The monoisotopic (exact) mass is 383 g/mol. The Bertz CT molecular complexity index is 647. The Morgan fingerprint density at radius 1 is 1.30 bits per heavy atom. The Morgan fingerprint density at radius 3 is 2.50 bits per heavy atom. The molecule has 2 aromatic rings. The zero-order chi connectivity index (χ0) is 14.9. The molecule has 2 rings (SSSR count). The zero-order valence-corrected chi connectivity index (χ0v) is 14.2. The number of nitrogens with zero attached hydrogens (tertiary/aromatic N) is 2. The van der Waals surface area contributed by atoms with Crippen LogP contribution in [-0.4, -0.2) is 15.7 Å². The zero-order valence-electron chi connectivity index (χ0n) is 12.1. The number of hydrogen-bond donors (Lipinski definition) is 1. The molecule has 0 radical (unpaired) electrons. The lowest BCUT2D eigenvalue weighted by molar-refractivity contribution is 0.102.